The van der Waals surface area contributed by atoms with Crippen molar-refractivity contribution in [2.45, 2.75) is 40.5 Å². The van der Waals surface area contributed by atoms with Crippen LogP contribution in [-0.4, -0.2) is 10.9 Å². The van der Waals surface area contributed by atoms with E-state index < -0.39 is 5.92 Å². The van der Waals surface area contributed by atoms with Gasteiger partial charge in [0, 0.05) is 17.1 Å². The summed E-state index contributed by atoms with van der Waals surface area (Å²) in [5.74, 6) is -0.715. The number of rotatable bonds is 7. The number of carbonyl (C=O) groups excluding carboxylic acids is 1. The second kappa shape index (κ2) is 9.54. The van der Waals surface area contributed by atoms with E-state index in [2.05, 4.69) is 19.2 Å². The molecular formula is C24H27NO2. The summed E-state index contributed by atoms with van der Waals surface area (Å²) >= 11 is 0. The molecule has 0 heterocycles. The number of aliphatic hydroxyl groups is 1. The predicted octanol–water partition coefficient (Wildman–Crippen LogP) is 6.01. The van der Waals surface area contributed by atoms with E-state index in [0.29, 0.717) is 16.7 Å². The Labute approximate surface area is 162 Å². The molecule has 0 spiro atoms. The zero-order valence-electron chi connectivity index (χ0n) is 16.8. The van der Waals surface area contributed by atoms with Gasteiger partial charge in [-0.1, -0.05) is 43.0 Å². The molecule has 1 rings (SSSR count). The van der Waals surface area contributed by atoms with Gasteiger partial charge in [-0.15, -0.1) is 0 Å². The summed E-state index contributed by atoms with van der Waals surface area (Å²) in [4.78, 5) is 12.6. The van der Waals surface area contributed by atoms with Crippen LogP contribution < -0.4 is 0 Å². The van der Waals surface area contributed by atoms with Gasteiger partial charge in [0.25, 0.3) is 0 Å². The first-order valence-electron chi connectivity index (χ1n) is 8.75. The second-order valence-corrected chi connectivity index (χ2v) is 6.55. The maximum Gasteiger partial charge on any atom is 0.157 e. The zero-order valence-corrected chi connectivity index (χ0v) is 16.8. The summed E-state index contributed by atoms with van der Waals surface area (Å²) in [5, 5.41) is 19.5. The standard InChI is InChI=1S/C24H27NO2/c1-8-15(3)12-22(18(6)26)24(23(19(7)27)16(4)9-2)21-11-10-20(14-25)13-17(21)5/h8-13,24,26H,2,6H2,1,3-5,7H3/b15-8-,22-12+,23-16-/t24-/m0/s1. The lowest BCUT2D eigenvalue weighted by atomic mass is 9.77. The van der Waals surface area contributed by atoms with Gasteiger partial charge in [0.15, 0.2) is 5.78 Å². The minimum atomic E-state index is -0.513. The Hall–Kier alpha value is -3.12. The molecular weight excluding hydrogens is 334 g/mol. The lowest BCUT2D eigenvalue weighted by molar-refractivity contribution is -0.113. The van der Waals surface area contributed by atoms with E-state index in [4.69, 9.17) is 5.26 Å². The van der Waals surface area contributed by atoms with E-state index in [0.717, 1.165) is 22.3 Å². The summed E-state index contributed by atoms with van der Waals surface area (Å²) in [6.07, 6.45) is 5.40. The van der Waals surface area contributed by atoms with Crippen LogP contribution in [0.25, 0.3) is 0 Å². The van der Waals surface area contributed by atoms with Gasteiger partial charge in [0.1, 0.15) is 5.76 Å². The van der Waals surface area contributed by atoms with Crippen molar-refractivity contribution in [2.75, 3.05) is 0 Å². The fourth-order valence-corrected chi connectivity index (χ4v) is 3.03. The van der Waals surface area contributed by atoms with E-state index in [-0.39, 0.29) is 11.5 Å². The highest BCUT2D eigenvalue weighted by Gasteiger charge is 2.28. The van der Waals surface area contributed by atoms with E-state index >= 15 is 0 Å². The van der Waals surface area contributed by atoms with Crippen molar-refractivity contribution in [3.63, 3.8) is 0 Å². The lowest BCUT2D eigenvalue weighted by Gasteiger charge is -2.26. The lowest BCUT2D eigenvalue weighted by Crippen LogP contribution is -2.16. The Balaban J connectivity index is 3.96. The Morgan fingerprint density at radius 1 is 1.30 bits per heavy atom. The molecule has 1 aromatic carbocycles. The molecule has 0 saturated carbocycles. The van der Waals surface area contributed by atoms with E-state index in [9.17, 15) is 9.90 Å². The number of carbonyl (C=O) groups is 1. The van der Waals surface area contributed by atoms with Crippen molar-refractivity contribution in [1.29, 1.82) is 5.26 Å². The molecule has 0 amide bonds. The molecule has 140 valence electrons. The minimum absolute atomic E-state index is 0.0967. The molecule has 1 N–H and O–H groups in total. The molecule has 3 heteroatoms. The van der Waals surface area contributed by atoms with E-state index in [1.54, 1.807) is 18.2 Å². The number of allylic oxidation sites excluding steroid dienone is 7. The molecule has 0 aliphatic heterocycles. The van der Waals surface area contributed by atoms with Crippen LogP contribution in [0.3, 0.4) is 0 Å². The quantitative estimate of drug-likeness (QED) is 0.368. The second-order valence-electron chi connectivity index (χ2n) is 6.55. The van der Waals surface area contributed by atoms with Gasteiger partial charge in [-0.2, -0.15) is 5.26 Å². The van der Waals surface area contributed by atoms with Crippen molar-refractivity contribution in [1.82, 2.24) is 0 Å². The molecule has 1 aromatic rings. The predicted molar refractivity (Wildman–Crippen MR) is 111 cm³/mol. The van der Waals surface area contributed by atoms with E-state index in [1.165, 1.54) is 6.92 Å². The third-order valence-corrected chi connectivity index (χ3v) is 4.59. The number of aryl methyl sites for hydroxylation is 1. The van der Waals surface area contributed by atoms with Crippen LogP contribution in [0, 0.1) is 18.3 Å². The van der Waals surface area contributed by atoms with Gasteiger partial charge in [0.2, 0.25) is 0 Å². The SMILES string of the molecule is C=C/C(C)=C(/C(C)=O)[C@H](/C(=C/C(C)=C\C)C(=C)O)c1ccc(C#N)cc1C. The van der Waals surface area contributed by atoms with Gasteiger partial charge in [-0.25, -0.2) is 0 Å². The van der Waals surface area contributed by atoms with Crippen LogP contribution in [0.15, 0.2) is 77.6 Å². The normalized spacial score (nSPS) is 14.1. The Bertz CT molecular complexity index is 905. The molecule has 0 aliphatic rings. The first-order valence-corrected chi connectivity index (χ1v) is 8.75. The maximum atomic E-state index is 12.6. The van der Waals surface area contributed by atoms with Crippen molar-refractivity contribution in [2.24, 2.45) is 0 Å². The summed E-state index contributed by atoms with van der Waals surface area (Å²) in [6.45, 7) is 16.6. The van der Waals surface area contributed by atoms with Crippen LogP contribution in [0.2, 0.25) is 0 Å². The van der Waals surface area contributed by atoms with Gasteiger partial charge in [-0.05, 0) is 63.5 Å². The highest BCUT2D eigenvalue weighted by molar-refractivity contribution is 5.97. The fraction of sp³-hybridized carbons (Fsp3) is 0.250. The number of nitriles is 1. The molecule has 0 fully saturated rings. The van der Waals surface area contributed by atoms with Gasteiger partial charge in [0.05, 0.1) is 11.6 Å². The third kappa shape index (κ3) is 5.18. The number of ketones is 1. The van der Waals surface area contributed by atoms with Gasteiger partial charge in [-0.3, -0.25) is 4.79 Å². The number of Topliss-reactive ketones (excluding diaryl/α,β-unsaturated/α-hetero) is 1. The summed E-state index contributed by atoms with van der Waals surface area (Å²) in [5.41, 5.74) is 5.01. The number of nitrogens with zero attached hydrogens (tertiary/aromatic N) is 1. The fourth-order valence-electron chi connectivity index (χ4n) is 3.03. The van der Waals surface area contributed by atoms with E-state index in [1.807, 2.05) is 45.9 Å². The molecule has 0 saturated heterocycles. The van der Waals surface area contributed by atoms with Crippen LogP contribution in [0.1, 0.15) is 50.3 Å². The molecule has 0 aromatic heterocycles. The molecule has 0 radical (unpaired) electrons. The zero-order chi connectivity index (χ0) is 20.7. The van der Waals surface area contributed by atoms with Gasteiger partial charge < -0.3 is 5.11 Å². The Morgan fingerprint density at radius 3 is 2.33 bits per heavy atom. The van der Waals surface area contributed by atoms with Crippen LogP contribution in [-0.2, 0) is 4.79 Å². The molecule has 1 atom stereocenters. The Kier molecular flexibility index (Phi) is 7.75. The number of hydrogen-bond donors (Lipinski definition) is 1. The molecule has 0 unspecified atom stereocenters. The molecule has 0 aliphatic carbocycles. The van der Waals surface area contributed by atoms with Crippen LogP contribution >= 0.6 is 0 Å². The monoisotopic (exact) mass is 361 g/mol. The molecule has 0 bridgehead atoms. The largest absolute Gasteiger partial charge is 0.508 e. The average molecular weight is 361 g/mol. The number of aliphatic hydroxyl groups excluding tert-OH is 1. The summed E-state index contributed by atoms with van der Waals surface area (Å²) in [6, 6.07) is 7.46. The van der Waals surface area contributed by atoms with Crippen molar-refractivity contribution in [3.05, 3.63) is 94.3 Å². The maximum absolute atomic E-state index is 12.6. The van der Waals surface area contributed by atoms with Gasteiger partial charge >= 0.3 is 0 Å². The van der Waals surface area contributed by atoms with Crippen LogP contribution in [0.5, 0.6) is 0 Å². The smallest absolute Gasteiger partial charge is 0.157 e. The highest BCUT2D eigenvalue weighted by atomic mass is 16.3. The first-order chi connectivity index (χ1) is 12.7. The minimum Gasteiger partial charge on any atom is -0.508 e. The summed E-state index contributed by atoms with van der Waals surface area (Å²) < 4.78 is 0. The van der Waals surface area contributed by atoms with Crippen molar-refractivity contribution >= 4 is 5.78 Å². The molecule has 3 nitrogen and oxygen atoms in total. The van der Waals surface area contributed by atoms with Crippen molar-refractivity contribution in [3.8, 4) is 6.07 Å². The van der Waals surface area contributed by atoms with Crippen LogP contribution in [0.4, 0.5) is 0 Å². The number of benzene rings is 1. The third-order valence-electron chi connectivity index (χ3n) is 4.59. The highest BCUT2D eigenvalue weighted by Crippen LogP contribution is 2.39. The topological polar surface area (TPSA) is 61.1 Å². The molecule has 27 heavy (non-hydrogen) atoms. The first kappa shape index (κ1) is 21.9. The van der Waals surface area contributed by atoms with Crippen molar-refractivity contribution < 1.29 is 9.90 Å². The average Bonchev–Trinajstić information content (AvgIpc) is 2.63. The Morgan fingerprint density at radius 2 is 1.93 bits per heavy atom. The summed E-state index contributed by atoms with van der Waals surface area (Å²) in [7, 11) is 0. The number of hydrogen-bond acceptors (Lipinski definition) is 3.